The van der Waals surface area contributed by atoms with Crippen molar-refractivity contribution < 1.29 is 4.39 Å². The fraction of sp³-hybridized carbons (Fsp3) is 0. The number of rotatable bonds is 0. The topological polar surface area (TPSA) is 0 Å². The summed E-state index contributed by atoms with van der Waals surface area (Å²) in [5.74, 6) is -0.290. The first-order valence-electron chi connectivity index (χ1n) is 3.20. The molecule has 12 heavy (non-hydrogen) atoms. The maximum Gasteiger partial charge on any atom is 0.126 e. The van der Waals surface area contributed by atoms with Crippen molar-refractivity contribution in [1.82, 2.24) is 0 Å². The zero-order chi connectivity index (χ0) is 8.72. The quantitative estimate of drug-likeness (QED) is 0.660. The van der Waals surface area contributed by atoms with Crippen LogP contribution in [0.1, 0.15) is 0 Å². The van der Waals surface area contributed by atoms with E-state index in [-0.39, 0.29) is 5.82 Å². The van der Waals surface area contributed by atoms with Crippen LogP contribution in [-0.2, 0) is 0 Å². The molecule has 2 rings (SSSR count). The van der Waals surface area contributed by atoms with Crippen LogP contribution >= 0.6 is 38.9 Å². The summed E-state index contributed by atoms with van der Waals surface area (Å²) in [6.45, 7) is 0. The van der Waals surface area contributed by atoms with Crippen molar-refractivity contribution in [3.63, 3.8) is 0 Å². The van der Waals surface area contributed by atoms with Gasteiger partial charge in [0.1, 0.15) is 5.82 Å². The summed E-state index contributed by atoms with van der Waals surface area (Å²) in [6.07, 6.45) is 0. The molecular formula is C8H3BrClFS. The van der Waals surface area contributed by atoms with Crippen LogP contribution in [0.4, 0.5) is 4.39 Å². The highest BCUT2D eigenvalue weighted by Gasteiger charge is 2.07. The van der Waals surface area contributed by atoms with Gasteiger partial charge in [-0.2, -0.15) is 0 Å². The van der Waals surface area contributed by atoms with Gasteiger partial charge in [0.2, 0.25) is 0 Å². The fourth-order valence-corrected chi connectivity index (χ4v) is 3.23. The molecule has 62 valence electrons. The van der Waals surface area contributed by atoms with Gasteiger partial charge in [-0.05, 0) is 28.1 Å². The van der Waals surface area contributed by atoms with E-state index in [1.807, 2.05) is 5.38 Å². The van der Waals surface area contributed by atoms with Gasteiger partial charge in [0.15, 0.2) is 0 Å². The van der Waals surface area contributed by atoms with E-state index in [9.17, 15) is 4.39 Å². The Labute approximate surface area is 86.1 Å². The Morgan fingerprint density at radius 3 is 2.92 bits per heavy atom. The third-order valence-corrected chi connectivity index (χ3v) is 3.70. The zero-order valence-electron chi connectivity index (χ0n) is 5.77. The summed E-state index contributed by atoms with van der Waals surface area (Å²) in [5.41, 5.74) is 0. The summed E-state index contributed by atoms with van der Waals surface area (Å²) in [7, 11) is 0. The lowest BCUT2D eigenvalue weighted by molar-refractivity contribution is 0.630. The van der Waals surface area contributed by atoms with Crippen molar-refractivity contribution >= 4 is 49.0 Å². The van der Waals surface area contributed by atoms with Crippen molar-refractivity contribution in [2.24, 2.45) is 0 Å². The molecular weight excluding hydrogens is 263 g/mol. The lowest BCUT2D eigenvalue weighted by Gasteiger charge is -1.94. The second-order valence-corrected chi connectivity index (χ2v) is 4.52. The molecule has 0 bridgehead atoms. The van der Waals surface area contributed by atoms with Gasteiger partial charge in [-0.15, -0.1) is 11.3 Å². The molecule has 0 saturated heterocycles. The van der Waals surface area contributed by atoms with Crippen molar-refractivity contribution in [2.75, 3.05) is 0 Å². The van der Waals surface area contributed by atoms with Crippen molar-refractivity contribution in [1.29, 1.82) is 0 Å². The van der Waals surface area contributed by atoms with Gasteiger partial charge >= 0.3 is 0 Å². The number of hydrogen-bond acceptors (Lipinski definition) is 1. The fourth-order valence-electron chi connectivity index (χ4n) is 1.05. The maximum atomic E-state index is 12.8. The van der Waals surface area contributed by atoms with Crippen LogP contribution in [0.25, 0.3) is 10.1 Å². The van der Waals surface area contributed by atoms with Crippen LogP contribution in [0.5, 0.6) is 0 Å². The molecule has 0 aliphatic carbocycles. The van der Waals surface area contributed by atoms with Gasteiger partial charge in [-0.3, -0.25) is 0 Å². The average Bonchev–Trinajstić information content (AvgIpc) is 2.31. The van der Waals surface area contributed by atoms with E-state index in [1.54, 1.807) is 0 Å². The molecule has 0 fully saturated rings. The van der Waals surface area contributed by atoms with E-state index in [1.165, 1.54) is 23.5 Å². The van der Waals surface area contributed by atoms with E-state index in [0.717, 1.165) is 14.6 Å². The molecule has 0 radical (unpaired) electrons. The average molecular weight is 266 g/mol. The molecule has 1 aromatic heterocycles. The number of fused-ring (bicyclic) bond motifs is 1. The molecule has 2 aromatic rings. The number of benzene rings is 1. The highest BCUT2D eigenvalue weighted by atomic mass is 79.9. The summed E-state index contributed by atoms with van der Waals surface area (Å²) < 4.78 is 14.6. The minimum absolute atomic E-state index is 0.290. The van der Waals surface area contributed by atoms with Crippen LogP contribution in [0.15, 0.2) is 22.0 Å². The molecule has 1 heterocycles. The van der Waals surface area contributed by atoms with E-state index in [2.05, 4.69) is 15.9 Å². The highest BCUT2D eigenvalue weighted by molar-refractivity contribution is 9.10. The number of hydrogen-bond donors (Lipinski definition) is 0. The smallest absolute Gasteiger partial charge is 0.126 e. The van der Waals surface area contributed by atoms with Gasteiger partial charge in [0, 0.05) is 19.9 Å². The monoisotopic (exact) mass is 264 g/mol. The minimum atomic E-state index is -0.290. The minimum Gasteiger partial charge on any atom is -0.207 e. The van der Waals surface area contributed by atoms with E-state index >= 15 is 0 Å². The SMILES string of the molecule is Fc1cc(Cl)c2c(Br)csc2c1. The molecule has 0 saturated carbocycles. The first kappa shape index (κ1) is 8.48. The summed E-state index contributed by atoms with van der Waals surface area (Å²) in [4.78, 5) is 0. The molecule has 0 nitrogen and oxygen atoms in total. The normalized spacial score (nSPS) is 10.9. The van der Waals surface area contributed by atoms with Gasteiger partial charge in [-0.25, -0.2) is 4.39 Å². The van der Waals surface area contributed by atoms with Crippen molar-refractivity contribution in [3.8, 4) is 0 Å². The van der Waals surface area contributed by atoms with Gasteiger partial charge in [-0.1, -0.05) is 11.6 Å². The predicted molar refractivity (Wildman–Crippen MR) is 54.5 cm³/mol. The van der Waals surface area contributed by atoms with Gasteiger partial charge < -0.3 is 0 Å². The maximum absolute atomic E-state index is 12.8. The number of thiophene rings is 1. The Hall–Kier alpha value is -0.120. The molecule has 0 atom stereocenters. The molecule has 0 spiro atoms. The Kier molecular flexibility index (Phi) is 2.10. The zero-order valence-corrected chi connectivity index (χ0v) is 8.93. The van der Waals surface area contributed by atoms with Crippen molar-refractivity contribution in [2.45, 2.75) is 0 Å². The molecule has 0 aliphatic heterocycles. The second kappa shape index (κ2) is 2.98. The van der Waals surface area contributed by atoms with Crippen molar-refractivity contribution in [3.05, 3.63) is 32.8 Å². The van der Waals surface area contributed by atoms with Crippen LogP contribution in [0, 0.1) is 5.82 Å². The van der Waals surface area contributed by atoms with Gasteiger partial charge in [0.25, 0.3) is 0 Å². The summed E-state index contributed by atoms with van der Waals surface area (Å²) in [5, 5.41) is 3.25. The Balaban J connectivity index is 2.93. The largest absolute Gasteiger partial charge is 0.207 e. The van der Waals surface area contributed by atoms with E-state index < -0.39 is 0 Å². The Morgan fingerprint density at radius 2 is 2.17 bits per heavy atom. The Bertz CT molecular complexity index is 438. The summed E-state index contributed by atoms with van der Waals surface area (Å²) in [6, 6.07) is 2.80. The molecule has 1 aromatic carbocycles. The standard InChI is InChI=1S/C8H3BrClFS/c9-5-3-12-7-2-4(11)1-6(10)8(5)7/h1-3H. The molecule has 0 N–H and O–H groups in total. The van der Waals surface area contributed by atoms with Crippen LogP contribution in [-0.4, -0.2) is 0 Å². The predicted octanol–water partition coefficient (Wildman–Crippen LogP) is 4.46. The molecule has 0 unspecified atom stereocenters. The second-order valence-electron chi connectivity index (χ2n) is 2.34. The highest BCUT2D eigenvalue weighted by Crippen LogP contribution is 2.35. The van der Waals surface area contributed by atoms with Crippen LogP contribution in [0.3, 0.4) is 0 Å². The molecule has 0 amide bonds. The first-order valence-corrected chi connectivity index (χ1v) is 5.25. The van der Waals surface area contributed by atoms with E-state index in [4.69, 9.17) is 11.6 Å². The third kappa shape index (κ3) is 1.26. The van der Waals surface area contributed by atoms with Gasteiger partial charge in [0.05, 0.1) is 5.02 Å². The first-order chi connectivity index (χ1) is 5.68. The molecule has 4 heteroatoms. The molecule has 0 aliphatic rings. The third-order valence-electron chi connectivity index (χ3n) is 1.55. The number of halogens is 3. The Morgan fingerprint density at radius 1 is 1.42 bits per heavy atom. The summed E-state index contributed by atoms with van der Waals surface area (Å²) >= 11 is 10.7. The lowest BCUT2D eigenvalue weighted by atomic mass is 10.2. The lowest BCUT2D eigenvalue weighted by Crippen LogP contribution is -1.73. The van der Waals surface area contributed by atoms with Crippen LogP contribution < -0.4 is 0 Å². The van der Waals surface area contributed by atoms with E-state index in [0.29, 0.717) is 5.02 Å². The van der Waals surface area contributed by atoms with Crippen LogP contribution in [0.2, 0.25) is 5.02 Å².